The Bertz CT molecular complexity index is 83.6. The lowest BCUT2D eigenvalue weighted by atomic mass is 10.1. The lowest BCUT2D eigenvalue weighted by Crippen LogP contribution is -2.11. The highest BCUT2D eigenvalue weighted by molar-refractivity contribution is 4.58. The van der Waals surface area contributed by atoms with Gasteiger partial charge in [0.15, 0.2) is 0 Å². The van der Waals surface area contributed by atoms with Crippen molar-refractivity contribution in [1.82, 2.24) is 0 Å². The molecule has 2 nitrogen and oxygen atoms in total. The van der Waals surface area contributed by atoms with Gasteiger partial charge >= 0.3 is 0 Å². The van der Waals surface area contributed by atoms with Crippen LogP contribution < -0.4 is 0 Å². The SMILES string of the molecule is CCCC(O)CCC(C)OC. The maximum absolute atomic E-state index is 9.34. The molecule has 0 aromatic heterocycles. The van der Waals surface area contributed by atoms with E-state index in [1.54, 1.807) is 7.11 Å². The molecule has 0 saturated heterocycles. The standard InChI is InChI=1S/C9H20O2/c1-4-5-9(10)7-6-8(2)11-3/h8-10H,4-7H2,1-3H3. The van der Waals surface area contributed by atoms with E-state index < -0.39 is 0 Å². The Morgan fingerprint density at radius 3 is 2.36 bits per heavy atom. The van der Waals surface area contributed by atoms with Crippen LogP contribution in [0.25, 0.3) is 0 Å². The topological polar surface area (TPSA) is 29.5 Å². The zero-order chi connectivity index (χ0) is 8.69. The van der Waals surface area contributed by atoms with Gasteiger partial charge in [-0.1, -0.05) is 13.3 Å². The largest absolute Gasteiger partial charge is 0.393 e. The summed E-state index contributed by atoms with van der Waals surface area (Å²) in [7, 11) is 1.71. The van der Waals surface area contributed by atoms with Crippen molar-refractivity contribution in [2.45, 2.75) is 51.7 Å². The minimum absolute atomic E-state index is 0.127. The van der Waals surface area contributed by atoms with Crippen molar-refractivity contribution in [2.24, 2.45) is 0 Å². The van der Waals surface area contributed by atoms with Gasteiger partial charge in [0.05, 0.1) is 12.2 Å². The molecular formula is C9H20O2. The summed E-state index contributed by atoms with van der Waals surface area (Å²) < 4.78 is 5.07. The summed E-state index contributed by atoms with van der Waals surface area (Å²) >= 11 is 0. The molecule has 0 heterocycles. The van der Waals surface area contributed by atoms with E-state index in [0.29, 0.717) is 0 Å². The molecule has 0 aliphatic heterocycles. The van der Waals surface area contributed by atoms with E-state index in [2.05, 4.69) is 6.92 Å². The molecule has 0 spiro atoms. The van der Waals surface area contributed by atoms with Crippen LogP contribution in [0.2, 0.25) is 0 Å². The van der Waals surface area contributed by atoms with E-state index in [1.165, 1.54) is 0 Å². The van der Waals surface area contributed by atoms with E-state index in [1.807, 2.05) is 6.92 Å². The fraction of sp³-hybridized carbons (Fsp3) is 1.00. The Kier molecular flexibility index (Phi) is 6.57. The monoisotopic (exact) mass is 160 g/mol. The first-order valence-corrected chi connectivity index (χ1v) is 4.41. The molecule has 0 amide bonds. The van der Waals surface area contributed by atoms with Gasteiger partial charge in [0, 0.05) is 7.11 Å². The number of methoxy groups -OCH3 is 1. The maximum Gasteiger partial charge on any atom is 0.0544 e. The molecule has 0 aliphatic rings. The lowest BCUT2D eigenvalue weighted by Gasteiger charge is -2.12. The second-order valence-electron chi connectivity index (χ2n) is 3.07. The van der Waals surface area contributed by atoms with Gasteiger partial charge < -0.3 is 9.84 Å². The summed E-state index contributed by atoms with van der Waals surface area (Å²) in [6.45, 7) is 4.11. The van der Waals surface area contributed by atoms with Gasteiger partial charge in [-0.2, -0.15) is 0 Å². The van der Waals surface area contributed by atoms with E-state index in [0.717, 1.165) is 25.7 Å². The van der Waals surface area contributed by atoms with Crippen molar-refractivity contribution in [3.63, 3.8) is 0 Å². The minimum Gasteiger partial charge on any atom is -0.393 e. The third-order valence-electron chi connectivity index (χ3n) is 1.93. The molecule has 2 unspecified atom stereocenters. The molecule has 68 valence electrons. The molecule has 0 aromatic rings. The molecule has 0 bridgehead atoms. The van der Waals surface area contributed by atoms with Gasteiger partial charge in [0.1, 0.15) is 0 Å². The molecule has 0 rings (SSSR count). The number of rotatable bonds is 6. The van der Waals surface area contributed by atoms with Crippen LogP contribution >= 0.6 is 0 Å². The van der Waals surface area contributed by atoms with E-state index in [9.17, 15) is 5.11 Å². The maximum atomic E-state index is 9.34. The quantitative estimate of drug-likeness (QED) is 0.643. The smallest absolute Gasteiger partial charge is 0.0544 e. The van der Waals surface area contributed by atoms with Crippen LogP contribution in [0.3, 0.4) is 0 Å². The molecule has 1 N–H and O–H groups in total. The van der Waals surface area contributed by atoms with Crippen molar-refractivity contribution in [3.8, 4) is 0 Å². The van der Waals surface area contributed by atoms with Crippen LogP contribution in [0.5, 0.6) is 0 Å². The molecule has 11 heavy (non-hydrogen) atoms. The Morgan fingerprint density at radius 2 is 1.91 bits per heavy atom. The number of aliphatic hydroxyl groups is 1. The van der Waals surface area contributed by atoms with Gasteiger partial charge in [0.25, 0.3) is 0 Å². The average Bonchev–Trinajstić information content (AvgIpc) is 2.01. The zero-order valence-electron chi connectivity index (χ0n) is 7.84. The normalized spacial score (nSPS) is 16.4. The van der Waals surface area contributed by atoms with Crippen LogP contribution in [0.15, 0.2) is 0 Å². The van der Waals surface area contributed by atoms with E-state index in [-0.39, 0.29) is 12.2 Å². The van der Waals surface area contributed by atoms with Crippen LogP contribution in [-0.4, -0.2) is 24.4 Å². The Balaban J connectivity index is 3.22. The third kappa shape index (κ3) is 6.32. The Morgan fingerprint density at radius 1 is 1.27 bits per heavy atom. The second-order valence-corrected chi connectivity index (χ2v) is 3.07. The number of hydrogen-bond donors (Lipinski definition) is 1. The first-order valence-electron chi connectivity index (χ1n) is 4.41. The highest BCUT2D eigenvalue weighted by atomic mass is 16.5. The summed E-state index contributed by atoms with van der Waals surface area (Å²) in [5, 5.41) is 9.34. The van der Waals surface area contributed by atoms with Crippen molar-refractivity contribution in [3.05, 3.63) is 0 Å². The highest BCUT2D eigenvalue weighted by Crippen LogP contribution is 2.07. The molecule has 2 heteroatoms. The molecule has 0 radical (unpaired) electrons. The van der Waals surface area contributed by atoms with Gasteiger partial charge in [-0.25, -0.2) is 0 Å². The van der Waals surface area contributed by atoms with Crippen molar-refractivity contribution in [2.75, 3.05) is 7.11 Å². The minimum atomic E-state index is -0.127. The Labute approximate surface area is 69.6 Å². The van der Waals surface area contributed by atoms with Gasteiger partial charge in [-0.15, -0.1) is 0 Å². The predicted octanol–water partition coefficient (Wildman–Crippen LogP) is 1.96. The number of hydrogen-bond acceptors (Lipinski definition) is 2. The van der Waals surface area contributed by atoms with Crippen molar-refractivity contribution in [1.29, 1.82) is 0 Å². The van der Waals surface area contributed by atoms with Crippen LogP contribution in [-0.2, 0) is 4.74 Å². The van der Waals surface area contributed by atoms with Gasteiger partial charge in [-0.05, 0) is 26.2 Å². The molecule has 0 aliphatic carbocycles. The Hall–Kier alpha value is -0.0800. The highest BCUT2D eigenvalue weighted by Gasteiger charge is 2.05. The molecule has 0 aromatic carbocycles. The van der Waals surface area contributed by atoms with Crippen molar-refractivity contribution >= 4 is 0 Å². The fourth-order valence-corrected chi connectivity index (χ4v) is 1.02. The van der Waals surface area contributed by atoms with Gasteiger partial charge in [0.2, 0.25) is 0 Å². The van der Waals surface area contributed by atoms with E-state index in [4.69, 9.17) is 4.74 Å². The second kappa shape index (κ2) is 6.62. The molecule has 2 atom stereocenters. The van der Waals surface area contributed by atoms with Crippen LogP contribution in [0, 0.1) is 0 Å². The number of aliphatic hydroxyl groups excluding tert-OH is 1. The summed E-state index contributed by atoms with van der Waals surface area (Å²) in [6, 6.07) is 0. The molecule has 0 fully saturated rings. The number of ether oxygens (including phenoxy) is 1. The summed E-state index contributed by atoms with van der Waals surface area (Å²) in [5.74, 6) is 0. The van der Waals surface area contributed by atoms with Crippen LogP contribution in [0.4, 0.5) is 0 Å². The first-order chi connectivity index (χ1) is 5.20. The summed E-state index contributed by atoms with van der Waals surface area (Å²) in [5.41, 5.74) is 0. The fourth-order valence-electron chi connectivity index (χ4n) is 1.02. The predicted molar refractivity (Wildman–Crippen MR) is 46.6 cm³/mol. The first kappa shape index (κ1) is 10.9. The lowest BCUT2D eigenvalue weighted by molar-refractivity contribution is 0.0823. The zero-order valence-corrected chi connectivity index (χ0v) is 7.84. The third-order valence-corrected chi connectivity index (χ3v) is 1.93. The average molecular weight is 160 g/mol. The summed E-state index contributed by atoms with van der Waals surface area (Å²) in [6.07, 6.45) is 3.94. The van der Waals surface area contributed by atoms with Crippen molar-refractivity contribution < 1.29 is 9.84 Å². The summed E-state index contributed by atoms with van der Waals surface area (Å²) in [4.78, 5) is 0. The van der Waals surface area contributed by atoms with E-state index >= 15 is 0 Å². The van der Waals surface area contributed by atoms with Crippen LogP contribution in [0.1, 0.15) is 39.5 Å². The van der Waals surface area contributed by atoms with Gasteiger partial charge in [-0.3, -0.25) is 0 Å². The molecular weight excluding hydrogens is 140 g/mol. The molecule has 0 saturated carbocycles.